The van der Waals surface area contributed by atoms with Crippen molar-refractivity contribution in [3.05, 3.63) is 33.9 Å². The number of rotatable bonds is 4. The molecule has 0 aliphatic heterocycles. The second-order valence-electron chi connectivity index (χ2n) is 4.97. The highest BCUT2D eigenvalue weighted by Gasteiger charge is 2.34. The van der Waals surface area contributed by atoms with Gasteiger partial charge < -0.3 is 10.7 Å². The van der Waals surface area contributed by atoms with Gasteiger partial charge in [-0.15, -0.1) is 0 Å². The number of nitrogens with one attached hydrogen (secondary N) is 2. The van der Waals surface area contributed by atoms with Crippen LogP contribution in [0.15, 0.2) is 18.2 Å². The number of carbonyl (C=O) groups excluding carboxylic acids is 1. The molecular formula is C12H16N4O3. The highest BCUT2D eigenvalue weighted by atomic mass is 16.6. The Balaban J connectivity index is 2.30. The molecule has 0 heterocycles. The molecule has 1 fully saturated rings. The zero-order valence-electron chi connectivity index (χ0n) is 10.6. The number of nitro groups is 1. The fourth-order valence-electron chi connectivity index (χ4n) is 2.21. The molecular weight excluding hydrogens is 248 g/mol. The largest absolute Gasteiger partial charge is 0.347 e. The topological polar surface area (TPSA) is 110 Å². The summed E-state index contributed by atoms with van der Waals surface area (Å²) in [5, 5.41) is 13.8. The Morgan fingerprint density at radius 3 is 2.63 bits per heavy atom. The molecule has 1 aromatic carbocycles. The van der Waals surface area contributed by atoms with Gasteiger partial charge in [-0.25, -0.2) is 0 Å². The van der Waals surface area contributed by atoms with Gasteiger partial charge >= 0.3 is 0 Å². The molecule has 1 saturated carbocycles. The Kier molecular flexibility index (Phi) is 3.39. The number of para-hydroxylation sites is 1. The fourth-order valence-corrected chi connectivity index (χ4v) is 2.21. The monoisotopic (exact) mass is 264 g/mol. The molecule has 7 heteroatoms. The average molecular weight is 264 g/mol. The first-order valence-corrected chi connectivity index (χ1v) is 6.03. The fraction of sp³-hybridized carbons (Fsp3) is 0.417. The van der Waals surface area contributed by atoms with Crippen LogP contribution >= 0.6 is 0 Å². The van der Waals surface area contributed by atoms with Crippen molar-refractivity contribution < 1.29 is 9.72 Å². The first-order chi connectivity index (χ1) is 8.97. The van der Waals surface area contributed by atoms with Gasteiger partial charge in [0.25, 0.3) is 11.6 Å². The number of nitrogens with two attached hydrogens (primary N) is 1. The molecule has 1 aliphatic carbocycles. The van der Waals surface area contributed by atoms with E-state index in [1.165, 1.54) is 18.2 Å². The summed E-state index contributed by atoms with van der Waals surface area (Å²) in [6.07, 6.45) is 2.91. The summed E-state index contributed by atoms with van der Waals surface area (Å²) >= 11 is 0. The summed E-state index contributed by atoms with van der Waals surface area (Å²) in [6, 6.07) is 4.29. The van der Waals surface area contributed by atoms with E-state index < -0.39 is 4.92 Å². The number of hydrogen-bond acceptors (Lipinski definition) is 5. The molecule has 0 aromatic heterocycles. The van der Waals surface area contributed by atoms with E-state index in [1.807, 2.05) is 6.92 Å². The summed E-state index contributed by atoms with van der Waals surface area (Å²) < 4.78 is 0. The summed E-state index contributed by atoms with van der Waals surface area (Å²) in [5.74, 6) is 4.95. The zero-order chi connectivity index (χ0) is 14.0. The number of benzene rings is 1. The standard InChI is InChI=1S/C12H16N4O3/c1-12(6-3-7-12)14-11(17)8-4-2-5-9(16(18)19)10(8)15-13/h2,4-5,15H,3,6-7,13H2,1H3,(H,14,17). The number of anilines is 1. The van der Waals surface area contributed by atoms with Crippen molar-refractivity contribution in [2.24, 2.45) is 5.84 Å². The van der Waals surface area contributed by atoms with E-state index in [9.17, 15) is 14.9 Å². The van der Waals surface area contributed by atoms with Gasteiger partial charge in [0.05, 0.1) is 10.5 Å². The number of nitrogens with zero attached hydrogens (tertiary/aromatic N) is 1. The van der Waals surface area contributed by atoms with E-state index >= 15 is 0 Å². The predicted molar refractivity (Wildman–Crippen MR) is 70.6 cm³/mol. The maximum absolute atomic E-state index is 12.2. The van der Waals surface area contributed by atoms with Crippen LogP contribution in [-0.4, -0.2) is 16.4 Å². The van der Waals surface area contributed by atoms with Gasteiger partial charge in [0.15, 0.2) is 0 Å². The first kappa shape index (κ1) is 13.3. The van der Waals surface area contributed by atoms with Crippen molar-refractivity contribution in [2.75, 3.05) is 5.43 Å². The minimum absolute atomic E-state index is 0.0351. The molecule has 0 unspecified atom stereocenters. The van der Waals surface area contributed by atoms with Gasteiger partial charge in [-0.3, -0.25) is 20.8 Å². The minimum atomic E-state index is -0.572. The molecule has 4 N–H and O–H groups in total. The van der Waals surface area contributed by atoms with Crippen molar-refractivity contribution in [3.8, 4) is 0 Å². The number of nitro benzene ring substituents is 1. The molecule has 1 aliphatic rings. The lowest BCUT2D eigenvalue weighted by Gasteiger charge is -2.39. The number of nitrogen functional groups attached to an aromatic ring is 1. The van der Waals surface area contributed by atoms with Crippen LogP contribution in [0.2, 0.25) is 0 Å². The molecule has 0 bridgehead atoms. The predicted octanol–water partition coefficient (Wildman–Crippen LogP) is 1.55. The molecule has 19 heavy (non-hydrogen) atoms. The van der Waals surface area contributed by atoms with E-state index in [0.717, 1.165) is 19.3 Å². The summed E-state index contributed by atoms with van der Waals surface area (Å²) in [4.78, 5) is 22.5. The number of hydrazine groups is 1. The van der Waals surface area contributed by atoms with Gasteiger partial charge in [-0.2, -0.15) is 0 Å². The van der Waals surface area contributed by atoms with Gasteiger partial charge in [0, 0.05) is 11.6 Å². The molecule has 0 radical (unpaired) electrons. The van der Waals surface area contributed by atoms with Crippen LogP contribution in [0, 0.1) is 10.1 Å². The van der Waals surface area contributed by atoms with Crippen LogP contribution in [0.3, 0.4) is 0 Å². The van der Waals surface area contributed by atoms with Crippen LogP contribution < -0.4 is 16.6 Å². The maximum Gasteiger partial charge on any atom is 0.294 e. The third kappa shape index (κ3) is 2.50. The molecule has 0 saturated heterocycles. The van der Waals surface area contributed by atoms with E-state index in [4.69, 9.17) is 5.84 Å². The normalized spacial score (nSPS) is 16.3. The van der Waals surface area contributed by atoms with Gasteiger partial charge in [0.2, 0.25) is 0 Å². The van der Waals surface area contributed by atoms with Crippen molar-refractivity contribution in [2.45, 2.75) is 31.7 Å². The van der Waals surface area contributed by atoms with Crippen LogP contribution in [-0.2, 0) is 0 Å². The minimum Gasteiger partial charge on any atom is -0.347 e. The highest BCUT2D eigenvalue weighted by molar-refractivity contribution is 6.01. The molecule has 102 valence electrons. The quantitative estimate of drug-likeness (QED) is 0.434. The number of carbonyl (C=O) groups is 1. The lowest BCUT2D eigenvalue weighted by molar-refractivity contribution is -0.384. The van der Waals surface area contributed by atoms with Crippen LogP contribution in [0.25, 0.3) is 0 Å². The molecule has 2 rings (SSSR count). The van der Waals surface area contributed by atoms with Crippen molar-refractivity contribution in [3.63, 3.8) is 0 Å². The molecule has 1 aromatic rings. The van der Waals surface area contributed by atoms with Crippen molar-refractivity contribution in [1.82, 2.24) is 5.32 Å². The van der Waals surface area contributed by atoms with Crippen molar-refractivity contribution in [1.29, 1.82) is 0 Å². The van der Waals surface area contributed by atoms with E-state index in [1.54, 1.807) is 0 Å². The molecule has 1 amide bonds. The second-order valence-corrected chi connectivity index (χ2v) is 4.97. The number of hydrogen-bond donors (Lipinski definition) is 3. The van der Waals surface area contributed by atoms with Crippen LogP contribution in [0.5, 0.6) is 0 Å². The van der Waals surface area contributed by atoms with Crippen LogP contribution in [0.4, 0.5) is 11.4 Å². The Morgan fingerprint density at radius 2 is 2.16 bits per heavy atom. The van der Waals surface area contributed by atoms with Gasteiger partial charge in [-0.1, -0.05) is 6.07 Å². The molecule has 0 spiro atoms. The Morgan fingerprint density at radius 1 is 1.47 bits per heavy atom. The van der Waals surface area contributed by atoms with E-state index in [-0.39, 0.29) is 28.4 Å². The summed E-state index contributed by atoms with van der Waals surface area (Å²) in [7, 11) is 0. The van der Waals surface area contributed by atoms with E-state index in [0.29, 0.717) is 0 Å². The maximum atomic E-state index is 12.2. The molecule has 0 atom stereocenters. The third-order valence-corrected chi connectivity index (χ3v) is 3.50. The Bertz CT molecular complexity index is 526. The lowest BCUT2D eigenvalue weighted by Crippen LogP contribution is -2.51. The Hall–Kier alpha value is -2.15. The molecule has 7 nitrogen and oxygen atoms in total. The highest BCUT2D eigenvalue weighted by Crippen LogP contribution is 2.33. The van der Waals surface area contributed by atoms with Crippen LogP contribution in [0.1, 0.15) is 36.5 Å². The number of amides is 1. The Labute approximate surface area is 110 Å². The summed E-state index contributed by atoms with van der Waals surface area (Å²) in [6.45, 7) is 1.96. The average Bonchev–Trinajstić information content (AvgIpc) is 2.35. The first-order valence-electron chi connectivity index (χ1n) is 6.03. The third-order valence-electron chi connectivity index (χ3n) is 3.50. The second kappa shape index (κ2) is 4.85. The smallest absolute Gasteiger partial charge is 0.294 e. The van der Waals surface area contributed by atoms with E-state index in [2.05, 4.69) is 10.7 Å². The van der Waals surface area contributed by atoms with Gasteiger partial charge in [0.1, 0.15) is 5.69 Å². The van der Waals surface area contributed by atoms with Gasteiger partial charge in [-0.05, 0) is 32.3 Å². The lowest BCUT2D eigenvalue weighted by atomic mass is 9.78. The summed E-state index contributed by atoms with van der Waals surface area (Å²) in [5.41, 5.74) is 2.04. The zero-order valence-corrected chi connectivity index (χ0v) is 10.6. The van der Waals surface area contributed by atoms with Crippen molar-refractivity contribution >= 4 is 17.3 Å². The SMILES string of the molecule is CC1(NC(=O)c2cccc([N+](=O)[O-])c2NN)CCC1.